The van der Waals surface area contributed by atoms with Gasteiger partial charge < -0.3 is 14.1 Å². The maximum Gasteiger partial charge on any atom is 0.355 e. The molecule has 140 valence electrons. The second-order valence-electron chi connectivity index (χ2n) is 6.53. The molecule has 1 aromatic carbocycles. The van der Waals surface area contributed by atoms with Gasteiger partial charge in [0.1, 0.15) is 17.9 Å². The molecule has 3 aromatic rings. The molecule has 0 saturated heterocycles. The highest BCUT2D eigenvalue weighted by atomic mass is 16.5. The molecule has 0 amide bonds. The number of rotatable bonds is 5. The predicted octanol–water partition coefficient (Wildman–Crippen LogP) is 3.86. The number of hydrogen-bond acceptors (Lipinski definition) is 5. The van der Waals surface area contributed by atoms with Crippen LogP contribution in [0.25, 0.3) is 11.0 Å². The van der Waals surface area contributed by atoms with Crippen molar-refractivity contribution in [1.82, 2.24) is 4.98 Å². The number of fused-ring (bicyclic) bond motifs is 1. The fourth-order valence-corrected chi connectivity index (χ4v) is 3.31. The van der Waals surface area contributed by atoms with Gasteiger partial charge in [0.2, 0.25) is 0 Å². The van der Waals surface area contributed by atoms with E-state index in [-0.39, 0.29) is 18.1 Å². The first-order valence-corrected chi connectivity index (χ1v) is 8.74. The Balaban J connectivity index is 1.89. The molecule has 6 heteroatoms. The topological polar surface area (TPSA) is 89.4 Å². The second-order valence-corrected chi connectivity index (χ2v) is 6.53. The maximum atomic E-state index is 12.5. The molecule has 27 heavy (non-hydrogen) atoms. The zero-order valence-corrected chi connectivity index (χ0v) is 15.8. The monoisotopic (exact) mass is 367 g/mol. The lowest BCUT2D eigenvalue weighted by atomic mass is 10.1. The Morgan fingerprint density at radius 1 is 1.19 bits per heavy atom. The van der Waals surface area contributed by atoms with Crippen LogP contribution in [0.2, 0.25) is 0 Å². The molecule has 0 spiro atoms. The number of aromatic nitrogens is 1. The van der Waals surface area contributed by atoms with E-state index in [1.165, 1.54) is 13.0 Å². The van der Waals surface area contributed by atoms with Crippen LogP contribution in [0.5, 0.6) is 0 Å². The van der Waals surface area contributed by atoms with E-state index in [0.29, 0.717) is 28.0 Å². The number of esters is 1. The number of hydrogen-bond donors (Lipinski definition) is 1. The molecule has 0 saturated carbocycles. The van der Waals surface area contributed by atoms with Crippen molar-refractivity contribution in [2.24, 2.45) is 0 Å². The van der Waals surface area contributed by atoms with Crippen molar-refractivity contribution in [2.75, 3.05) is 0 Å². The average molecular weight is 367 g/mol. The summed E-state index contributed by atoms with van der Waals surface area (Å²) in [6.45, 7) is 6.84. The number of H-pyrrole nitrogens is 1. The van der Waals surface area contributed by atoms with Gasteiger partial charge in [0.25, 0.3) is 0 Å². The summed E-state index contributed by atoms with van der Waals surface area (Å²) >= 11 is 0. The number of Topliss-reactive ketones (excluding diaryl/α,β-unsaturated/α-hetero) is 1. The number of ether oxygens (including phenoxy) is 1. The van der Waals surface area contributed by atoms with Crippen molar-refractivity contribution in [3.05, 3.63) is 68.3 Å². The largest absolute Gasteiger partial charge is 0.456 e. The van der Waals surface area contributed by atoms with Crippen LogP contribution in [-0.4, -0.2) is 16.7 Å². The lowest BCUT2D eigenvalue weighted by Gasteiger charge is -2.08. The van der Waals surface area contributed by atoms with Gasteiger partial charge in [-0.25, -0.2) is 9.59 Å². The minimum Gasteiger partial charge on any atom is -0.456 e. The lowest BCUT2D eigenvalue weighted by Crippen LogP contribution is -2.09. The van der Waals surface area contributed by atoms with Gasteiger partial charge in [-0.2, -0.15) is 0 Å². The molecule has 0 atom stereocenters. The predicted molar refractivity (Wildman–Crippen MR) is 101 cm³/mol. The molecule has 0 unspecified atom stereocenters. The zero-order valence-electron chi connectivity index (χ0n) is 15.8. The number of carbonyl (C=O) groups excluding carboxylic acids is 2. The van der Waals surface area contributed by atoms with Crippen molar-refractivity contribution < 1.29 is 18.7 Å². The summed E-state index contributed by atoms with van der Waals surface area (Å²) in [5, 5.41) is 0.725. The number of ketones is 1. The third kappa shape index (κ3) is 3.56. The van der Waals surface area contributed by atoms with Crippen LogP contribution in [0.4, 0.5) is 0 Å². The second kappa shape index (κ2) is 7.23. The molecular weight excluding hydrogens is 346 g/mol. The van der Waals surface area contributed by atoms with Crippen LogP contribution in [-0.2, 0) is 17.8 Å². The quantitative estimate of drug-likeness (QED) is 0.420. The minimum atomic E-state index is -0.574. The molecule has 2 heterocycles. The normalized spacial score (nSPS) is 11.0. The van der Waals surface area contributed by atoms with Gasteiger partial charge in [0, 0.05) is 28.3 Å². The number of aromatic amines is 1. The molecular formula is C21H21NO5. The summed E-state index contributed by atoms with van der Waals surface area (Å²) in [6, 6.07) is 6.96. The Morgan fingerprint density at radius 3 is 2.56 bits per heavy atom. The van der Waals surface area contributed by atoms with Crippen LogP contribution in [0, 0.1) is 13.8 Å². The van der Waals surface area contributed by atoms with E-state index in [9.17, 15) is 14.4 Å². The maximum absolute atomic E-state index is 12.5. The van der Waals surface area contributed by atoms with Gasteiger partial charge in [-0.3, -0.25) is 4.79 Å². The highest BCUT2D eigenvalue weighted by molar-refractivity contribution is 6.01. The standard InChI is InChI=1S/C21H21NO5/c1-5-14-6-7-16-15(9-18(24)27-17(16)8-14)10-26-21(25)20-11(2)19(13(4)23)12(3)22-20/h6-9,22H,5,10H2,1-4H3. The van der Waals surface area contributed by atoms with E-state index < -0.39 is 11.6 Å². The van der Waals surface area contributed by atoms with Gasteiger partial charge in [0.15, 0.2) is 5.78 Å². The SMILES string of the molecule is CCc1ccc2c(COC(=O)c3[nH]c(C)c(C(C)=O)c3C)cc(=O)oc2c1. The smallest absolute Gasteiger partial charge is 0.355 e. The van der Waals surface area contributed by atoms with E-state index in [0.717, 1.165) is 17.4 Å². The Kier molecular flexibility index (Phi) is 4.99. The highest BCUT2D eigenvalue weighted by Crippen LogP contribution is 2.22. The first-order valence-electron chi connectivity index (χ1n) is 8.74. The van der Waals surface area contributed by atoms with Crippen molar-refractivity contribution >= 4 is 22.7 Å². The Hall–Kier alpha value is -3.15. The molecule has 3 rings (SSSR count). The molecule has 0 fully saturated rings. The zero-order chi connectivity index (χ0) is 19.7. The van der Waals surface area contributed by atoms with Gasteiger partial charge in [0.05, 0.1) is 0 Å². The first-order chi connectivity index (χ1) is 12.8. The summed E-state index contributed by atoms with van der Waals surface area (Å²) in [5.74, 6) is -0.687. The fourth-order valence-electron chi connectivity index (χ4n) is 3.31. The molecule has 0 aliphatic carbocycles. The molecule has 0 bridgehead atoms. The Labute approximate surface area is 156 Å². The van der Waals surface area contributed by atoms with Crippen molar-refractivity contribution in [2.45, 2.75) is 40.7 Å². The summed E-state index contributed by atoms with van der Waals surface area (Å²) in [4.78, 5) is 39.0. The lowest BCUT2D eigenvalue weighted by molar-refractivity contribution is 0.0466. The molecule has 6 nitrogen and oxygen atoms in total. The fraction of sp³-hybridized carbons (Fsp3) is 0.286. The van der Waals surface area contributed by atoms with Crippen molar-refractivity contribution in [3.63, 3.8) is 0 Å². The first kappa shape index (κ1) is 18.6. The van der Waals surface area contributed by atoms with Gasteiger partial charge >= 0.3 is 11.6 Å². The summed E-state index contributed by atoms with van der Waals surface area (Å²) in [7, 11) is 0. The van der Waals surface area contributed by atoms with E-state index in [4.69, 9.17) is 9.15 Å². The van der Waals surface area contributed by atoms with Crippen LogP contribution < -0.4 is 5.63 Å². The van der Waals surface area contributed by atoms with Crippen LogP contribution in [0.3, 0.4) is 0 Å². The minimum absolute atomic E-state index is 0.0701. The molecule has 2 aromatic heterocycles. The average Bonchev–Trinajstić information content (AvgIpc) is 2.93. The molecule has 0 aliphatic heterocycles. The van der Waals surface area contributed by atoms with Crippen molar-refractivity contribution in [3.8, 4) is 0 Å². The van der Waals surface area contributed by atoms with Gasteiger partial charge in [-0.15, -0.1) is 0 Å². The summed E-state index contributed by atoms with van der Waals surface area (Å²) in [5.41, 5.74) is 3.54. The van der Waals surface area contributed by atoms with E-state index in [2.05, 4.69) is 4.98 Å². The van der Waals surface area contributed by atoms with Gasteiger partial charge in [-0.05, 0) is 44.4 Å². The Bertz CT molecular complexity index is 1100. The highest BCUT2D eigenvalue weighted by Gasteiger charge is 2.21. The number of nitrogens with one attached hydrogen (secondary N) is 1. The van der Waals surface area contributed by atoms with Crippen LogP contribution >= 0.6 is 0 Å². The molecule has 0 aliphatic rings. The number of carbonyl (C=O) groups is 2. The third-order valence-corrected chi connectivity index (χ3v) is 4.66. The molecule has 1 N–H and O–H groups in total. The van der Waals surface area contributed by atoms with E-state index in [1.54, 1.807) is 13.8 Å². The number of benzene rings is 1. The molecule has 0 radical (unpaired) electrons. The van der Waals surface area contributed by atoms with Gasteiger partial charge in [-0.1, -0.05) is 19.1 Å². The third-order valence-electron chi connectivity index (χ3n) is 4.66. The van der Waals surface area contributed by atoms with E-state index >= 15 is 0 Å². The van der Waals surface area contributed by atoms with Crippen molar-refractivity contribution in [1.29, 1.82) is 0 Å². The number of aryl methyl sites for hydroxylation is 2. The van der Waals surface area contributed by atoms with E-state index in [1.807, 2.05) is 25.1 Å². The van der Waals surface area contributed by atoms with Crippen LogP contribution in [0.1, 0.15) is 57.1 Å². The summed E-state index contributed by atoms with van der Waals surface area (Å²) in [6.07, 6.45) is 0.822. The Morgan fingerprint density at radius 2 is 1.93 bits per heavy atom. The van der Waals surface area contributed by atoms with Crippen LogP contribution in [0.15, 0.2) is 33.5 Å². The summed E-state index contributed by atoms with van der Waals surface area (Å²) < 4.78 is 10.7.